The molecule has 17 heavy (non-hydrogen) atoms. The van der Waals surface area contributed by atoms with Crippen molar-refractivity contribution in [3.8, 4) is 0 Å². The van der Waals surface area contributed by atoms with Gasteiger partial charge in [-0.1, -0.05) is 6.07 Å². The van der Waals surface area contributed by atoms with Gasteiger partial charge in [0, 0.05) is 21.9 Å². The third-order valence-corrected chi connectivity index (χ3v) is 3.78. The van der Waals surface area contributed by atoms with Gasteiger partial charge in [0.1, 0.15) is 5.84 Å². The molecule has 0 fully saturated rings. The summed E-state index contributed by atoms with van der Waals surface area (Å²) < 4.78 is 6.11. The van der Waals surface area contributed by atoms with E-state index < -0.39 is 0 Å². The van der Waals surface area contributed by atoms with Crippen LogP contribution in [0.5, 0.6) is 0 Å². The second kappa shape index (κ2) is 4.89. The van der Waals surface area contributed by atoms with Crippen molar-refractivity contribution in [2.45, 2.75) is 17.0 Å². The lowest BCUT2D eigenvalue weighted by Crippen LogP contribution is -2.10. The van der Waals surface area contributed by atoms with Crippen molar-refractivity contribution in [1.29, 1.82) is 5.41 Å². The molecule has 1 heterocycles. The molecule has 1 aromatic heterocycles. The molecule has 0 saturated heterocycles. The number of nitrogen functional groups attached to an aromatic ring is 1. The molecule has 0 amide bonds. The van der Waals surface area contributed by atoms with Gasteiger partial charge in [-0.3, -0.25) is 5.41 Å². The third-order valence-electron chi connectivity index (χ3n) is 1.95. The van der Waals surface area contributed by atoms with Crippen LogP contribution in [0.4, 0.5) is 0 Å². The quantitative estimate of drug-likeness (QED) is 0.671. The summed E-state index contributed by atoms with van der Waals surface area (Å²) in [6.45, 7) is 1.74. The van der Waals surface area contributed by atoms with Crippen LogP contribution in [-0.2, 0) is 0 Å². The van der Waals surface area contributed by atoms with Gasteiger partial charge < -0.3 is 10.2 Å². The highest BCUT2D eigenvalue weighted by molar-refractivity contribution is 9.10. The monoisotopic (exact) mass is 312 g/mol. The van der Waals surface area contributed by atoms with Crippen LogP contribution in [0.15, 0.2) is 37.2 Å². The number of benzene rings is 1. The minimum atomic E-state index is 0.0379. The van der Waals surface area contributed by atoms with Crippen LogP contribution in [0.2, 0.25) is 0 Å². The number of nitrogens with one attached hydrogen (secondary N) is 1. The van der Waals surface area contributed by atoms with E-state index in [0.29, 0.717) is 16.7 Å². The fourth-order valence-electron chi connectivity index (χ4n) is 1.16. The molecule has 0 atom stereocenters. The van der Waals surface area contributed by atoms with Gasteiger partial charge in [0.05, 0.1) is 0 Å². The van der Waals surface area contributed by atoms with Crippen molar-refractivity contribution in [3.63, 3.8) is 0 Å². The molecule has 0 aliphatic heterocycles. The van der Waals surface area contributed by atoms with Gasteiger partial charge in [0.2, 0.25) is 5.89 Å². The molecule has 0 unspecified atom stereocenters. The van der Waals surface area contributed by atoms with E-state index in [0.717, 1.165) is 9.37 Å². The lowest BCUT2D eigenvalue weighted by Gasteiger charge is -2.03. The third kappa shape index (κ3) is 2.86. The van der Waals surface area contributed by atoms with Crippen molar-refractivity contribution in [3.05, 3.63) is 34.1 Å². The van der Waals surface area contributed by atoms with Gasteiger partial charge in [-0.05, 0) is 39.8 Å². The molecule has 0 radical (unpaired) electrons. The summed E-state index contributed by atoms with van der Waals surface area (Å²) in [7, 11) is 0. The predicted octanol–water partition coefficient (Wildman–Crippen LogP) is 2.58. The Bertz CT molecular complexity index is 569. The van der Waals surface area contributed by atoms with Crippen molar-refractivity contribution in [2.24, 2.45) is 5.73 Å². The summed E-state index contributed by atoms with van der Waals surface area (Å²) in [5, 5.41) is 15.5. The molecule has 88 valence electrons. The fourth-order valence-corrected chi connectivity index (χ4v) is 2.51. The molecular weight excluding hydrogens is 304 g/mol. The van der Waals surface area contributed by atoms with E-state index in [2.05, 4.69) is 26.1 Å². The number of hydrogen-bond donors (Lipinski definition) is 2. The molecule has 2 rings (SSSR count). The molecule has 0 aliphatic rings. The lowest BCUT2D eigenvalue weighted by atomic mass is 10.2. The van der Waals surface area contributed by atoms with Gasteiger partial charge in [0.15, 0.2) is 0 Å². The molecule has 0 saturated carbocycles. The summed E-state index contributed by atoms with van der Waals surface area (Å²) in [6.07, 6.45) is 0. The number of nitrogens with two attached hydrogens (primary N) is 1. The Morgan fingerprint density at radius 2 is 2.24 bits per heavy atom. The van der Waals surface area contributed by atoms with Crippen molar-refractivity contribution in [2.75, 3.05) is 0 Å². The van der Waals surface area contributed by atoms with E-state index in [4.69, 9.17) is 15.6 Å². The minimum absolute atomic E-state index is 0.0379. The van der Waals surface area contributed by atoms with Crippen molar-refractivity contribution < 1.29 is 4.42 Å². The highest BCUT2D eigenvalue weighted by Crippen LogP contribution is 2.33. The first-order chi connectivity index (χ1) is 8.06. The average Bonchev–Trinajstić information content (AvgIpc) is 2.67. The number of nitrogens with zero attached hydrogens (tertiary/aromatic N) is 2. The second-order valence-electron chi connectivity index (χ2n) is 3.25. The lowest BCUT2D eigenvalue weighted by molar-refractivity contribution is 0.429. The summed E-state index contributed by atoms with van der Waals surface area (Å²) >= 11 is 4.77. The van der Waals surface area contributed by atoms with E-state index in [-0.39, 0.29) is 5.84 Å². The second-order valence-corrected chi connectivity index (χ2v) is 5.10. The zero-order chi connectivity index (χ0) is 12.4. The van der Waals surface area contributed by atoms with E-state index in [1.807, 2.05) is 6.07 Å². The molecule has 3 N–H and O–H groups in total. The molecule has 2 aromatic rings. The molecule has 5 nitrogen and oxygen atoms in total. The van der Waals surface area contributed by atoms with Crippen LogP contribution in [0.3, 0.4) is 0 Å². The Morgan fingerprint density at radius 3 is 2.76 bits per heavy atom. The molecule has 1 aromatic carbocycles. The summed E-state index contributed by atoms with van der Waals surface area (Å²) in [5.41, 5.74) is 6.07. The van der Waals surface area contributed by atoms with Crippen LogP contribution in [0, 0.1) is 12.3 Å². The van der Waals surface area contributed by atoms with Crippen molar-refractivity contribution >= 4 is 33.5 Å². The first kappa shape index (κ1) is 12.1. The predicted molar refractivity (Wildman–Crippen MR) is 68.3 cm³/mol. The minimum Gasteiger partial charge on any atom is -0.416 e. The zero-order valence-corrected chi connectivity index (χ0v) is 11.3. The summed E-state index contributed by atoms with van der Waals surface area (Å²) in [4.78, 5) is 0.929. The van der Waals surface area contributed by atoms with Crippen LogP contribution in [0.25, 0.3) is 0 Å². The van der Waals surface area contributed by atoms with Gasteiger partial charge in [-0.2, -0.15) is 0 Å². The van der Waals surface area contributed by atoms with Crippen LogP contribution in [-0.4, -0.2) is 16.0 Å². The van der Waals surface area contributed by atoms with Crippen LogP contribution < -0.4 is 5.73 Å². The maximum atomic E-state index is 7.34. The number of hydrogen-bond acceptors (Lipinski definition) is 5. The number of amidine groups is 1. The molecular formula is C10H9BrN4OS. The Morgan fingerprint density at radius 1 is 1.47 bits per heavy atom. The molecule has 7 heteroatoms. The Hall–Kier alpha value is -1.34. The highest BCUT2D eigenvalue weighted by Gasteiger charge is 2.09. The Labute approximate surface area is 110 Å². The van der Waals surface area contributed by atoms with Crippen LogP contribution >= 0.6 is 27.7 Å². The van der Waals surface area contributed by atoms with Gasteiger partial charge >= 0.3 is 0 Å². The first-order valence-electron chi connectivity index (χ1n) is 4.68. The van der Waals surface area contributed by atoms with Crippen LogP contribution in [0.1, 0.15) is 11.5 Å². The van der Waals surface area contributed by atoms with Gasteiger partial charge in [-0.15, -0.1) is 10.2 Å². The van der Waals surface area contributed by atoms with E-state index in [9.17, 15) is 0 Å². The van der Waals surface area contributed by atoms with Crippen molar-refractivity contribution in [1.82, 2.24) is 10.2 Å². The fraction of sp³-hybridized carbons (Fsp3) is 0.100. The van der Waals surface area contributed by atoms with Gasteiger partial charge in [0.25, 0.3) is 5.22 Å². The summed E-state index contributed by atoms with van der Waals surface area (Å²) in [6, 6.07) is 5.41. The normalized spacial score (nSPS) is 10.5. The Balaban J connectivity index is 2.25. The van der Waals surface area contributed by atoms with Gasteiger partial charge in [-0.25, -0.2) is 0 Å². The van der Waals surface area contributed by atoms with E-state index in [1.165, 1.54) is 11.8 Å². The largest absolute Gasteiger partial charge is 0.416 e. The molecule has 0 bridgehead atoms. The zero-order valence-electron chi connectivity index (χ0n) is 8.90. The smallest absolute Gasteiger partial charge is 0.281 e. The number of aromatic nitrogens is 2. The number of aryl methyl sites for hydroxylation is 1. The number of halogens is 1. The number of rotatable bonds is 3. The highest BCUT2D eigenvalue weighted by atomic mass is 79.9. The summed E-state index contributed by atoms with van der Waals surface area (Å²) in [5.74, 6) is 0.569. The first-order valence-corrected chi connectivity index (χ1v) is 6.29. The molecule has 0 spiro atoms. The van der Waals surface area contributed by atoms with E-state index in [1.54, 1.807) is 19.1 Å². The SMILES string of the molecule is Cc1nnc(Sc2ccc(C(=N)N)cc2Br)o1. The topological polar surface area (TPSA) is 88.8 Å². The molecule has 0 aliphatic carbocycles. The average molecular weight is 313 g/mol. The Kier molecular flexibility index (Phi) is 3.49. The van der Waals surface area contributed by atoms with E-state index >= 15 is 0 Å². The standard InChI is InChI=1S/C10H9BrN4OS/c1-5-14-15-10(16-5)17-8-3-2-6(9(12)13)4-7(8)11/h2-4H,1H3,(H3,12,13). The maximum absolute atomic E-state index is 7.34. The maximum Gasteiger partial charge on any atom is 0.281 e.